The Morgan fingerprint density at radius 2 is 1.51 bits per heavy atom. The molecule has 234 valence electrons. The van der Waals surface area contributed by atoms with Crippen LogP contribution >= 0.6 is 0 Å². The summed E-state index contributed by atoms with van der Waals surface area (Å²) in [6.07, 6.45) is 15.5. The molecular weight excluding hydrogens is 518 g/mol. The number of hydrogen-bond acceptors (Lipinski definition) is 6. The van der Waals surface area contributed by atoms with Crippen LogP contribution in [0.2, 0.25) is 0 Å². The zero-order chi connectivity index (χ0) is 29.7. The van der Waals surface area contributed by atoms with Gasteiger partial charge in [-0.2, -0.15) is 0 Å². The molecule has 1 aromatic carbocycles. The van der Waals surface area contributed by atoms with Gasteiger partial charge in [0.05, 0.1) is 24.2 Å². The molecule has 2 rings (SSSR count). The zero-order valence-electron chi connectivity index (χ0n) is 26.1. The number of aliphatic hydroxyl groups excluding tert-OH is 1. The third-order valence-electron chi connectivity index (χ3n) is 8.22. The van der Waals surface area contributed by atoms with Crippen molar-refractivity contribution in [2.75, 3.05) is 20.5 Å². The minimum absolute atomic E-state index is 0.153. The summed E-state index contributed by atoms with van der Waals surface area (Å²) in [4.78, 5) is 28.0. The number of carbonyl (C=O) groups is 2. The lowest BCUT2D eigenvalue weighted by Gasteiger charge is -2.30. The standard InChI is InChI=1S/C34H57NO6/c1-4-6-8-10-11-12-14-19-23-31(32(36)25-30(41-27-39-3)22-18-13-9-7-5-2)33(37)35-29(26-40-34(35)38)24-28-20-16-15-17-21-28/h15-17,20-21,29-32,36H,4-14,18-19,22-27H2,1-3H3/t29-,30+,31-,32+/m0/s1. The normalized spacial score (nSPS) is 17.4. The molecule has 0 aromatic heterocycles. The number of methoxy groups -OCH3 is 1. The highest BCUT2D eigenvalue weighted by molar-refractivity contribution is 5.95. The molecule has 1 aliphatic heterocycles. The number of unbranched alkanes of at least 4 members (excludes halogenated alkanes) is 11. The predicted molar refractivity (Wildman–Crippen MR) is 164 cm³/mol. The Hall–Kier alpha value is -1.96. The summed E-state index contributed by atoms with van der Waals surface area (Å²) in [5.74, 6) is -0.995. The van der Waals surface area contributed by atoms with E-state index >= 15 is 0 Å². The summed E-state index contributed by atoms with van der Waals surface area (Å²) in [6, 6.07) is 9.48. The Balaban J connectivity index is 2.07. The number of hydrogen-bond donors (Lipinski definition) is 1. The van der Waals surface area contributed by atoms with Crippen molar-refractivity contribution >= 4 is 12.0 Å². The number of imide groups is 1. The van der Waals surface area contributed by atoms with Gasteiger partial charge in [-0.3, -0.25) is 4.79 Å². The molecule has 41 heavy (non-hydrogen) atoms. The number of benzene rings is 1. The second kappa shape index (κ2) is 21.7. The van der Waals surface area contributed by atoms with E-state index in [9.17, 15) is 14.7 Å². The molecule has 1 fully saturated rings. The average Bonchev–Trinajstić information content (AvgIpc) is 3.34. The highest BCUT2D eigenvalue weighted by Crippen LogP contribution is 2.28. The lowest BCUT2D eigenvalue weighted by Crippen LogP contribution is -2.47. The topological polar surface area (TPSA) is 85.3 Å². The second-order valence-electron chi connectivity index (χ2n) is 11.7. The summed E-state index contributed by atoms with van der Waals surface area (Å²) < 4.78 is 16.4. The number of carbonyl (C=O) groups excluding carboxylic acids is 2. The predicted octanol–water partition coefficient (Wildman–Crippen LogP) is 7.82. The van der Waals surface area contributed by atoms with Crippen LogP contribution in [0.3, 0.4) is 0 Å². The fraction of sp³-hybridized carbons (Fsp3) is 0.765. The smallest absolute Gasteiger partial charge is 0.416 e. The quantitative estimate of drug-likeness (QED) is 0.0999. The van der Waals surface area contributed by atoms with Gasteiger partial charge in [0.15, 0.2) is 0 Å². The molecule has 0 saturated carbocycles. The first kappa shape index (κ1) is 35.2. The maximum absolute atomic E-state index is 14.0. The molecule has 7 heteroatoms. The van der Waals surface area contributed by atoms with Crippen molar-refractivity contribution in [1.29, 1.82) is 0 Å². The van der Waals surface area contributed by atoms with E-state index in [2.05, 4.69) is 13.8 Å². The first-order chi connectivity index (χ1) is 20.0. The van der Waals surface area contributed by atoms with E-state index < -0.39 is 18.1 Å². The maximum atomic E-state index is 14.0. The molecule has 1 N–H and O–H groups in total. The zero-order valence-corrected chi connectivity index (χ0v) is 26.1. The SMILES string of the molecule is CCCCCCCCCC[C@H](C(=O)N1C(=O)OC[C@@H]1Cc1ccccc1)[C@H](O)C[C@@H](CCCCCCC)OCOC. The van der Waals surface area contributed by atoms with E-state index in [4.69, 9.17) is 14.2 Å². The van der Waals surface area contributed by atoms with Crippen LogP contribution in [-0.2, 0) is 25.4 Å². The Labute approximate surface area is 249 Å². The van der Waals surface area contributed by atoms with Gasteiger partial charge in [0, 0.05) is 13.5 Å². The molecule has 0 aliphatic carbocycles. The number of ether oxygens (including phenoxy) is 3. The van der Waals surface area contributed by atoms with E-state index in [-0.39, 0.29) is 31.5 Å². The molecule has 7 nitrogen and oxygen atoms in total. The molecule has 1 saturated heterocycles. The van der Waals surface area contributed by atoms with E-state index in [0.29, 0.717) is 19.3 Å². The van der Waals surface area contributed by atoms with Gasteiger partial charge in [-0.25, -0.2) is 9.69 Å². The van der Waals surface area contributed by atoms with Crippen LogP contribution in [0.15, 0.2) is 30.3 Å². The summed E-state index contributed by atoms with van der Waals surface area (Å²) in [6.45, 7) is 4.75. The van der Waals surface area contributed by atoms with E-state index in [1.165, 1.54) is 56.3 Å². The van der Waals surface area contributed by atoms with Crippen LogP contribution in [0.1, 0.15) is 122 Å². The first-order valence-corrected chi connectivity index (χ1v) is 16.3. The van der Waals surface area contributed by atoms with E-state index in [0.717, 1.165) is 44.1 Å². The third kappa shape index (κ3) is 13.7. The largest absolute Gasteiger partial charge is 0.447 e. The van der Waals surface area contributed by atoms with Crippen LogP contribution in [0.25, 0.3) is 0 Å². The van der Waals surface area contributed by atoms with Crippen molar-refractivity contribution in [1.82, 2.24) is 4.90 Å². The van der Waals surface area contributed by atoms with Crippen molar-refractivity contribution in [2.45, 2.75) is 141 Å². The molecule has 1 aliphatic rings. The van der Waals surface area contributed by atoms with Gasteiger partial charge in [-0.15, -0.1) is 0 Å². The highest BCUT2D eigenvalue weighted by atomic mass is 16.7. The molecule has 1 aromatic rings. The van der Waals surface area contributed by atoms with Gasteiger partial charge in [0.2, 0.25) is 5.91 Å². The van der Waals surface area contributed by atoms with Crippen molar-refractivity contribution in [3.63, 3.8) is 0 Å². The monoisotopic (exact) mass is 575 g/mol. The Bertz CT molecular complexity index is 819. The van der Waals surface area contributed by atoms with Crippen LogP contribution in [-0.4, -0.2) is 60.8 Å². The van der Waals surface area contributed by atoms with Crippen LogP contribution in [0.4, 0.5) is 4.79 Å². The number of aliphatic hydroxyl groups is 1. The van der Waals surface area contributed by atoms with Crippen molar-refractivity contribution in [3.8, 4) is 0 Å². The van der Waals surface area contributed by atoms with Crippen molar-refractivity contribution in [2.24, 2.45) is 5.92 Å². The van der Waals surface area contributed by atoms with Gasteiger partial charge in [-0.1, -0.05) is 128 Å². The Kier molecular flexibility index (Phi) is 18.7. The van der Waals surface area contributed by atoms with Gasteiger partial charge >= 0.3 is 6.09 Å². The van der Waals surface area contributed by atoms with Crippen LogP contribution in [0.5, 0.6) is 0 Å². The Morgan fingerprint density at radius 3 is 2.12 bits per heavy atom. The molecule has 2 amide bonds. The number of rotatable bonds is 24. The highest BCUT2D eigenvalue weighted by Gasteiger charge is 2.42. The van der Waals surface area contributed by atoms with Gasteiger partial charge in [-0.05, 0) is 24.8 Å². The van der Waals surface area contributed by atoms with Gasteiger partial charge in [0.1, 0.15) is 13.4 Å². The minimum Gasteiger partial charge on any atom is -0.447 e. The van der Waals surface area contributed by atoms with E-state index in [1.807, 2.05) is 30.3 Å². The third-order valence-corrected chi connectivity index (χ3v) is 8.22. The summed E-state index contributed by atoms with van der Waals surface area (Å²) in [5.41, 5.74) is 1.05. The number of nitrogens with zero attached hydrogens (tertiary/aromatic N) is 1. The fourth-order valence-corrected chi connectivity index (χ4v) is 5.77. The molecule has 0 radical (unpaired) electrons. The van der Waals surface area contributed by atoms with Gasteiger partial charge < -0.3 is 19.3 Å². The molecule has 0 bridgehead atoms. The fourth-order valence-electron chi connectivity index (χ4n) is 5.77. The van der Waals surface area contributed by atoms with Crippen molar-refractivity contribution in [3.05, 3.63) is 35.9 Å². The van der Waals surface area contributed by atoms with E-state index in [1.54, 1.807) is 7.11 Å². The summed E-state index contributed by atoms with van der Waals surface area (Å²) in [7, 11) is 1.59. The second-order valence-corrected chi connectivity index (χ2v) is 11.7. The minimum atomic E-state index is -0.907. The molecule has 1 heterocycles. The summed E-state index contributed by atoms with van der Waals surface area (Å²) in [5, 5.41) is 11.5. The molecule has 0 unspecified atom stereocenters. The summed E-state index contributed by atoms with van der Waals surface area (Å²) >= 11 is 0. The van der Waals surface area contributed by atoms with Gasteiger partial charge in [0.25, 0.3) is 0 Å². The maximum Gasteiger partial charge on any atom is 0.416 e. The van der Waals surface area contributed by atoms with Crippen LogP contribution < -0.4 is 0 Å². The first-order valence-electron chi connectivity index (χ1n) is 16.3. The lowest BCUT2D eigenvalue weighted by molar-refractivity contribution is -0.140. The average molecular weight is 576 g/mol. The molecular formula is C34H57NO6. The number of cyclic esters (lactones) is 1. The van der Waals surface area contributed by atoms with Crippen LogP contribution in [0, 0.1) is 5.92 Å². The Morgan fingerprint density at radius 1 is 0.927 bits per heavy atom. The number of amides is 2. The molecule has 0 spiro atoms. The van der Waals surface area contributed by atoms with Crippen molar-refractivity contribution < 1.29 is 28.9 Å². The molecule has 4 atom stereocenters. The lowest BCUT2D eigenvalue weighted by atomic mass is 9.88.